The molecule has 10 rings (SSSR count). The van der Waals surface area contributed by atoms with E-state index in [1.165, 1.54) is 83.8 Å². The number of nitrogens with zero attached hydrogens (tertiary/aromatic N) is 1. The maximum absolute atomic E-state index is 3.73. The lowest BCUT2D eigenvalue weighted by atomic mass is 9.64. The maximum Gasteiger partial charge on any atom is 0.0754 e. The molecular weight excluding hydrogens is 646 g/mol. The van der Waals surface area contributed by atoms with Gasteiger partial charge in [-0.1, -0.05) is 145 Å². The molecular formula is C46H32BrN. The summed E-state index contributed by atoms with van der Waals surface area (Å²) in [5.41, 5.74) is 19.0. The Morgan fingerprint density at radius 2 is 1.00 bits per heavy atom. The van der Waals surface area contributed by atoms with Crippen molar-refractivity contribution < 1.29 is 0 Å². The Hall–Kier alpha value is -5.18. The molecule has 7 aromatic carbocycles. The number of benzene rings is 7. The smallest absolute Gasteiger partial charge is 0.0754 e. The van der Waals surface area contributed by atoms with Gasteiger partial charge in [0.05, 0.1) is 16.8 Å². The zero-order valence-electron chi connectivity index (χ0n) is 26.8. The minimum atomic E-state index is -0.459. The molecule has 0 amide bonds. The van der Waals surface area contributed by atoms with Crippen molar-refractivity contribution in [3.63, 3.8) is 0 Å². The second-order valence-corrected chi connectivity index (χ2v) is 14.7. The summed E-state index contributed by atoms with van der Waals surface area (Å²) in [6.45, 7) is 4.73. The zero-order chi connectivity index (χ0) is 32.2. The molecule has 1 nitrogen and oxygen atoms in total. The monoisotopic (exact) mass is 677 g/mol. The minimum Gasteiger partial charge on any atom is -0.310 e. The molecule has 228 valence electrons. The Labute approximate surface area is 290 Å². The van der Waals surface area contributed by atoms with Crippen LogP contribution in [0.4, 0.5) is 17.1 Å². The highest BCUT2D eigenvalue weighted by Gasteiger charge is 2.52. The first-order chi connectivity index (χ1) is 23.5. The fourth-order valence-electron chi connectivity index (χ4n) is 9.13. The van der Waals surface area contributed by atoms with Gasteiger partial charge in [0.1, 0.15) is 0 Å². The van der Waals surface area contributed by atoms with E-state index in [0.29, 0.717) is 0 Å². The van der Waals surface area contributed by atoms with Crippen LogP contribution in [0, 0.1) is 0 Å². The number of anilines is 3. The molecule has 3 aliphatic rings. The molecule has 0 saturated carbocycles. The topological polar surface area (TPSA) is 3.24 Å². The van der Waals surface area contributed by atoms with Gasteiger partial charge < -0.3 is 4.90 Å². The van der Waals surface area contributed by atoms with Crippen molar-refractivity contribution in [2.45, 2.75) is 24.7 Å². The van der Waals surface area contributed by atoms with Crippen molar-refractivity contribution >= 4 is 33.0 Å². The summed E-state index contributed by atoms with van der Waals surface area (Å²) in [7, 11) is 0. The lowest BCUT2D eigenvalue weighted by molar-refractivity contribution is 0.660. The van der Waals surface area contributed by atoms with Gasteiger partial charge in [-0.05, 0) is 109 Å². The lowest BCUT2D eigenvalue weighted by Gasteiger charge is -2.45. The van der Waals surface area contributed by atoms with E-state index in [1.54, 1.807) is 0 Å². The average Bonchev–Trinajstić information content (AvgIpc) is 3.54. The molecule has 0 saturated heterocycles. The SMILES string of the molecule is CC1(C)c2cc(Br)ccc2-c2ccc(-c3cccc4c3-c3ccccc3C43c4ccccc4N(c4ccccc4)c4ccccc43)cc21. The molecule has 0 atom stereocenters. The van der Waals surface area contributed by atoms with Crippen molar-refractivity contribution in [2.24, 2.45) is 0 Å². The van der Waals surface area contributed by atoms with Crippen LogP contribution in [-0.4, -0.2) is 0 Å². The Bertz CT molecular complexity index is 2410. The highest BCUT2D eigenvalue weighted by Crippen LogP contribution is 2.64. The van der Waals surface area contributed by atoms with E-state index in [0.717, 1.165) is 4.47 Å². The van der Waals surface area contributed by atoms with Gasteiger partial charge >= 0.3 is 0 Å². The first kappa shape index (κ1) is 27.9. The predicted octanol–water partition coefficient (Wildman–Crippen LogP) is 12.6. The van der Waals surface area contributed by atoms with E-state index in [4.69, 9.17) is 0 Å². The third-order valence-electron chi connectivity index (χ3n) is 11.1. The third kappa shape index (κ3) is 3.51. The summed E-state index contributed by atoms with van der Waals surface area (Å²) in [6, 6.07) is 58.9. The molecule has 2 aliphatic carbocycles. The molecule has 1 heterocycles. The van der Waals surface area contributed by atoms with E-state index < -0.39 is 5.41 Å². The van der Waals surface area contributed by atoms with E-state index in [-0.39, 0.29) is 5.41 Å². The van der Waals surface area contributed by atoms with Crippen LogP contribution in [0.3, 0.4) is 0 Å². The molecule has 0 fully saturated rings. The van der Waals surface area contributed by atoms with Crippen LogP contribution in [0.1, 0.15) is 47.2 Å². The summed E-state index contributed by atoms with van der Waals surface area (Å²) >= 11 is 3.73. The average molecular weight is 679 g/mol. The largest absolute Gasteiger partial charge is 0.310 e. The van der Waals surface area contributed by atoms with Crippen LogP contribution in [0.2, 0.25) is 0 Å². The highest BCUT2D eigenvalue weighted by atomic mass is 79.9. The zero-order valence-corrected chi connectivity index (χ0v) is 28.4. The van der Waals surface area contributed by atoms with E-state index in [2.05, 4.69) is 192 Å². The van der Waals surface area contributed by atoms with Gasteiger partial charge in [0.25, 0.3) is 0 Å². The third-order valence-corrected chi connectivity index (χ3v) is 11.6. The normalized spacial score (nSPS) is 15.3. The second-order valence-electron chi connectivity index (χ2n) is 13.8. The number of hydrogen-bond acceptors (Lipinski definition) is 1. The minimum absolute atomic E-state index is 0.0936. The van der Waals surface area contributed by atoms with Crippen molar-refractivity contribution in [1.29, 1.82) is 0 Å². The van der Waals surface area contributed by atoms with E-state index >= 15 is 0 Å². The fourth-order valence-corrected chi connectivity index (χ4v) is 9.49. The predicted molar refractivity (Wildman–Crippen MR) is 203 cm³/mol. The Morgan fingerprint density at radius 1 is 0.438 bits per heavy atom. The quantitative estimate of drug-likeness (QED) is 0.176. The van der Waals surface area contributed by atoms with E-state index in [1.807, 2.05) is 0 Å². The van der Waals surface area contributed by atoms with Gasteiger partial charge in [-0.15, -0.1) is 0 Å². The standard InChI is InChI=1S/C46H32BrN/c1-45(2)40-27-29(23-25-33(40)34-26-24-30(47)28-41(34)45)32-16-12-20-39-44(32)35-15-6-7-17-36(35)46(39)37-18-8-10-21-42(37)48(31-13-4-3-5-14-31)43-22-11-9-19-38(43)46/h3-28H,1-2H3. The maximum atomic E-state index is 3.73. The van der Waals surface area contributed by atoms with Crippen molar-refractivity contribution in [3.8, 4) is 33.4 Å². The van der Waals surface area contributed by atoms with Gasteiger partial charge in [-0.2, -0.15) is 0 Å². The van der Waals surface area contributed by atoms with Crippen LogP contribution < -0.4 is 4.90 Å². The Morgan fingerprint density at radius 3 is 1.73 bits per heavy atom. The number of halogens is 1. The first-order valence-corrected chi connectivity index (χ1v) is 17.5. The van der Waals surface area contributed by atoms with E-state index in [9.17, 15) is 0 Å². The van der Waals surface area contributed by atoms with Crippen LogP contribution in [-0.2, 0) is 10.8 Å². The van der Waals surface area contributed by atoms with Crippen LogP contribution >= 0.6 is 15.9 Å². The lowest BCUT2D eigenvalue weighted by Crippen LogP contribution is -2.36. The molecule has 0 bridgehead atoms. The summed E-state index contributed by atoms with van der Waals surface area (Å²) in [6.07, 6.45) is 0. The van der Waals surface area contributed by atoms with Crippen molar-refractivity contribution in [2.75, 3.05) is 4.90 Å². The summed E-state index contributed by atoms with van der Waals surface area (Å²) in [5.74, 6) is 0. The number of para-hydroxylation sites is 3. The van der Waals surface area contributed by atoms with Crippen molar-refractivity contribution in [1.82, 2.24) is 0 Å². The molecule has 2 heteroatoms. The Kier molecular flexibility index (Phi) is 5.76. The number of rotatable bonds is 2. The van der Waals surface area contributed by atoms with Gasteiger partial charge in [0, 0.05) is 15.6 Å². The van der Waals surface area contributed by atoms with Crippen LogP contribution in [0.25, 0.3) is 33.4 Å². The fraction of sp³-hybridized carbons (Fsp3) is 0.0870. The Balaban J connectivity index is 1.26. The molecule has 0 aromatic heterocycles. The summed E-state index contributed by atoms with van der Waals surface area (Å²) in [4.78, 5) is 2.44. The molecule has 7 aromatic rings. The molecule has 1 aliphatic heterocycles. The molecule has 0 N–H and O–H groups in total. The summed E-state index contributed by atoms with van der Waals surface area (Å²) < 4.78 is 1.13. The summed E-state index contributed by atoms with van der Waals surface area (Å²) in [5, 5.41) is 0. The van der Waals surface area contributed by atoms with Gasteiger partial charge in [-0.25, -0.2) is 0 Å². The molecule has 0 radical (unpaired) electrons. The molecule has 1 spiro atoms. The van der Waals surface area contributed by atoms with Crippen molar-refractivity contribution in [3.05, 3.63) is 196 Å². The van der Waals surface area contributed by atoms with Gasteiger partial charge in [0.15, 0.2) is 0 Å². The first-order valence-electron chi connectivity index (χ1n) is 16.7. The molecule has 48 heavy (non-hydrogen) atoms. The van der Waals surface area contributed by atoms with Gasteiger partial charge in [-0.3, -0.25) is 0 Å². The van der Waals surface area contributed by atoms with Crippen LogP contribution in [0.5, 0.6) is 0 Å². The highest BCUT2D eigenvalue weighted by molar-refractivity contribution is 9.10. The second kappa shape index (κ2) is 9.92. The molecule has 0 unspecified atom stereocenters. The number of hydrogen-bond donors (Lipinski definition) is 0. The van der Waals surface area contributed by atoms with Gasteiger partial charge in [0.2, 0.25) is 0 Å². The van der Waals surface area contributed by atoms with Crippen LogP contribution in [0.15, 0.2) is 162 Å². The number of fused-ring (bicyclic) bond motifs is 12.